The molecule has 0 spiro atoms. The van der Waals surface area contributed by atoms with Crippen molar-refractivity contribution in [2.45, 2.75) is 52.9 Å². The second-order valence-electron chi connectivity index (χ2n) is 4.98. The van der Waals surface area contributed by atoms with Gasteiger partial charge in [0.15, 0.2) is 0 Å². The summed E-state index contributed by atoms with van der Waals surface area (Å²) in [6, 6.07) is 0. The van der Waals surface area contributed by atoms with Crippen LogP contribution in [-0.2, 0) is 4.79 Å². The third-order valence-electron chi connectivity index (χ3n) is 2.76. The molecule has 1 fully saturated rings. The second-order valence-corrected chi connectivity index (χ2v) is 4.98. The van der Waals surface area contributed by atoms with Crippen molar-refractivity contribution in [3.05, 3.63) is 0 Å². The molecule has 1 nitrogen and oxygen atoms in total. The van der Waals surface area contributed by atoms with E-state index >= 15 is 0 Å². The fraction of sp³-hybridized carbons (Fsp3) is 0.909. The first-order chi connectivity index (χ1) is 5.52. The van der Waals surface area contributed by atoms with Crippen LogP contribution in [0.3, 0.4) is 0 Å². The summed E-state index contributed by atoms with van der Waals surface area (Å²) in [6.07, 6.45) is 5.22. The van der Waals surface area contributed by atoms with E-state index in [1.807, 2.05) is 0 Å². The van der Waals surface area contributed by atoms with E-state index in [1.54, 1.807) is 0 Å². The molecule has 70 valence electrons. The van der Waals surface area contributed by atoms with Gasteiger partial charge in [0, 0.05) is 12.8 Å². The summed E-state index contributed by atoms with van der Waals surface area (Å²) in [7, 11) is 0. The summed E-state index contributed by atoms with van der Waals surface area (Å²) >= 11 is 0. The van der Waals surface area contributed by atoms with Crippen LogP contribution in [0.5, 0.6) is 0 Å². The van der Waals surface area contributed by atoms with E-state index in [2.05, 4.69) is 20.8 Å². The third-order valence-corrected chi connectivity index (χ3v) is 2.76. The summed E-state index contributed by atoms with van der Waals surface area (Å²) in [5.41, 5.74) is 0.323. The van der Waals surface area contributed by atoms with Gasteiger partial charge in [-0.2, -0.15) is 0 Å². The third kappa shape index (κ3) is 2.62. The molecule has 0 amide bonds. The molecule has 0 aromatic carbocycles. The highest BCUT2D eigenvalue weighted by atomic mass is 16.1. The maximum absolute atomic E-state index is 11.3. The van der Waals surface area contributed by atoms with E-state index in [0.717, 1.165) is 25.2 Å². The fourth-order valence-electron chi connectivity index (χ4n) is 2.52. The number of rotatable bonds is 2. The molecule has 0 bridgehead atoms. The monoisotopic (exact) mass is 168 g/mol. The molecule has 0 aromatic rings. The molecule has 0 radical (unpaired) electrons. The van der Waals surface area contributed by atoms with Gasteiger partial charge in [-0.25, -0.2) is 0 Å². The van der Waals surface area contributed by atoms with Crippen LogP contribution in [0.4, 0.5) is 0 Å². The number of carbonyl (C=O) groups excluding carboxylic acids is 1. The zero-order valence-corrected chi connectivity index (χ0v) is 8.52. The lowest BCUT2D eigenvalue weighted by molar-refractivity contribution is -0.123. The second kappa shape index (κ2) is 3.59. The van der Waals surface area contributed by atoms with Crippen LogP contribution in [0.15, 0.2) is 0 Å². The lowest BCUT2D eigenvalue weighted by Crippen LogP contribution is -2.27. The molecule has 0 aromatic heterocycles. The first kappa shape index (κ1) is 9.76. The smallest absolute Gasteiger partial charge is 0.133 e. The van der Waals surface area contributed by atoms with Crippen molar-refractivity contribution in [1.29, 1.82) is 0 Å². The molecule has 0 aliphatic heterocycles. The number of hydrogen-bond acceptors (Lipinski definition) is 1. The Balaban J connectivity index is 2.51. The predicted octanol–water partition coefficient (Wildman–Crippen LogP) is 3.18. The number of Topliss-reactive ketones (excluding diaryl/α,β-unsaturated/α-hetero) is 1. The quantitative estimate of drug-likeness (QED) is 0.619. The van der Waals surface area contributed by atoms with Crippen LogP contribution in [0.2, 0.25) is 0 Å². The molecule has 0 saturated heterocycles. The van der Waals surface area contributed by atoms with Gasteiger partial charge in [-0.3, -0.25) is 4.79 Å². The Hall–Kier alpha value is -0.330. The molecule has 1 rings (SSSR count). The van der Waals surface area contributed by atoms with Gasteiger partial charge in [-0.1, -0.05) is 20.8 Å². The van der Waals surface area contributed by atoms with Crippen LogP contribution >= 0.6 is 0 Å². The van der Waals surface area contributed by atoms with Gasteiger partial charge in [0.25, 0.3) is 0 Å². The van der Waals surface area contributed by atoms with Crippen molar-refractivity contribution in [2.75, 3.05) is 0 Å². The Morgan fingerprint density at radius 1 is 1.50 bits per heavy atom. The molecule has 0 heterocycles. The Labute approximate surface area is 75.5 Å². The summed E-state index contributed by atoms with van der Waals surface area (Å²) < 4.78 is 0. The highest BCUT2D eigenvalue weighted by Crippen LogP contribution is 2.39. The highest BCUT2D eigenvalue weighted by Gasteiger charge is 2.31. The first-order valence-corrected chi connectivity index (χ1v) is 5.03. The van der Waals surface area contributed by atoms with E-state index in [-0.39, 0.29) is 0 Å². The van der Waals surface area contributed by atoms with E-state index in [0.29, 0.717) is 11.2 Å². The Morgan fingerprint density at radius 3 is 2.67 bits per heavy atom. The van der Waals surface area contributed by atoms with Crippen LogP contribution in [0, 0.1) is 11.3 Å². The standard InChI is InChI=1S/C11H20O/c1-9(2)7-11(3)6-4-5-10(12)8-11/h9H,4-8H2,1-3H3/t11-/m1/s1. The van der Waals surface area contributed by atoms with Gasteiger partial charge < -0.3 is 0 Å². The minimum atomic E-state index is 0.323. The minimum Gasteiger partial charge on any atom is -0.300 e. The number of carbonyl (C=O) groups is 1. The molecule has 0 N–H and O–H groups in total. The molecular formula is C11H20O. The van der Waals surface area contributed by atoms with Gasteiger partial charge in [0.05, 0.1) is 0 Å². The maximum Gasteiger partial charge on any atom is 0.133 e. The molecule has 1 heteroatoms. The predicted molar refractivity (Wildman–Crippen MR) is 51.0 cm³/mol. The van der Waals surface area contributed by atoms with Gasteiger partial charge in [-0.05, 0) is 30.6 Å². The molecule has 0 unspecified atom stereocenters. The van der Waals surface area contributed by atoms with Crippen LogP contribution in [0.25, 0.3) is 0 Å². The highest BCUT2D eigenvalue weighted by molar-refractivity contribution is 5.79. The Bertz CT molecular complexity index is 172. The number of hydrogen-bond donors (Lipinski definition) is 0. The largest absolute Gasteiger partial charge is 0.300 e. The SMILES string of the molecule is CC(C)C[C@@]1(C)CCCC(=O)C1. The average Bonchev–Trinajstić information content (AvgIpc) is 1.82. The number of ketones is 1. The zero-order chi connectivity index (χ0) is 9.19. The summed E-state index contributed by atoms with van der Waals surface area (Å²) in [5.74, 6) is 1.20. The van der Waals surface area contributed by atoms with Crippen LogP contribution < -0.4 is 0 Å². The van der Waals surface area contributed by atoms with E-state index in [1.165, 1.54) is 12.8 Å². The van der Waals surface area contributed by atoms with Crippen LogP contribution in [0.1, 0.15) is 52.9 Å². The Morgan fingerprint density at radius 2 is 2.17 bits per heavy atom. The van der Waals surface area contributed by atoms with Crippen LogP contribution in [-0.4, -0.2) is 5.78 Å². The van der Waals surface area contributed by atoms with Crippen molar-refractivity contribution in [1.82, 2.24) is 0 Å². The normalized spacial score (nSPS) is 31.2. The summed E-state index contributed by atoms with van der Waals surface area (Å²) in [6.45, 7) is 6.75. The lowest BCUT2D eigenvalue weighted by atomic mass is 9.70. The van der Waals surface area contributed by atoms with Gasteiger partial charge in [0.2, 0.25) is 0 Å². The van der Waals surface area contributed by atoms with Crippen molar-refractivity contribution in [2.24, 2.45) is 11.3 Å². The molecule has 1 aliphatic rings. The Kier molecular flexibility index (Phi) is 2.92. The fourth-order valence-corrected chi connectivity index (χ4v) is 2.52. The topological polar surface area (TPSA) is 17.1 Å². The van der Waals surface area contributed by atoms with Gasteiger partial charge >= 0.3 is 0 Å². The lowest BCUT2D eigenvalue weighted by Gasteiger charge is -2.34. The van der Waals surface area contributed by atoms with Crippen molar-refractivity contribution in [3.8, 4) is 0 Å². The first-order valence-electron chi connectivity index (χ1n) is 5.03. The minimum absolute atomic E-state index is 0.323. The van der Waals surface area contributed by atoms with E-state index in [9.17, 15) is 4.79 Å². The molecular weight excluding hydrogens is 148 g/mol. The van der Waals surface area contributed by atoms with Crippen molar-refractivity contribution >= 4 is 5.78 Å². The van der Waals surface area contributed by atoms with Gasteiger partial charge in [0.1, 0.15) is 5.78 Å². The molecule has 1 atom stereocenters. The van der Waals surface area contributed by atoms with Gasteiger partial charge in [-0.15, -0.1) is 0 Å². The molecule has 1 aliphatic carbocycles. The van der Waals surface area contributed by atoms with Crippen molar-refractivity contribution < 1.29 is 4.79 Å². The summed E-state index contributed by atoms with van der Waals surface area (Å²) in [4.78, 5) is 11.3. The maximum atomic E-state index is 11.3. The zero-order valence-electron chi connectivity index (χ0n) is 8.52. The average molecular weight is 168 g/mol. The molecule has 12 heavy (non-hydrogen) atoms. The molecule has 1 saturated carbocycles. The summed E-state index contributed by atoms with van der Waals surface area (Å²) in [5, 5.41) is 0. The van der Waals surface area contributed by atoms with E-state index < -0.39 is 0 Å². The van der Waals surface area contributed by atoms with Crippen molar-refractivity contribution in [3.63, 3.8) is 0 Å². The van der Waals surface area contributed by atoms with E-state index in [4.69, 9.17) is 0 Å².